The number of methoxy groups -OCH3 is 2. The number of benzene rings is 2. The Bertz CT molecular complexity index is 833. The summed E-state index contributed by atoms with van der Waals surface area (Å²) in [5.41, 5.74) is 2.25. The smallest absolute Gasteiger partial charge is 0.342 e. The van der Waals surface area contributed by atoms with Gasteiger partial charge in [0.1, 0.15) is 17.1 Å². The Hall–Kier alpha value is -3.02. The van der Waals surface area contributed by atoms with E-state index in [1.807, 2.05) is 31.2 Å². The molecule has 0 saturated heterocycles. The van der Waals surface area contributed by atoms with Crippen molar-refractivity contribution >= 4 is 17.6 Å². The number of carbonyl (C=O) groups is 2. The number of amides is 1. The average Bonchev–Trinajstić information content (AvgIpc) is 3.00. The van der Waals surface area contributed by atoms with E-state index in [9.17, 15) is 9.59 Å². The monoisotopic (exact) mass is 355 g/mol. The van der Waals surface area contributed by atoms with Gasteiger partial charge in [0.05, 0.1) is 14.2 Å². The number of hydrogen-bond acceptors (Lipinski definition) is 5. The third kappa shape index (κ3) is 3.35. The number of rotatable bonds is 5. The molecule has 3 rings (SSSR count). The van der Waals surface area contributed by atoms with Crippen molar-refractivity contribution in [1.82, 2.24) is 0 Å². The quantitative estimate of drug-likeness (QED) is 0.772. The maximum atomic E-state index is 12.6. The fourth-order valence-corrected chi connectivity index (χ4v) is 3.19. The summed E-state index contributed by atoms with van der Waals surface area (Å²) in [7, 11) is 2.99. The highest BCUT2D eigenvalue weighted by molar-refractivity contribution is 5.99. The Balaban J connectivity index is 1.69. The van der Waals surface area contributed by atoms with Crippen LogP contribution in [0.3, 0.4) is 0 Å². The molecule has 0 unspecified atom stereocenters. The number of ether oxygens (including phenoxy) is 3. The molecule has 2 aromatic carbocycles. The predicted molar refractivity (Wildman–Crippen MR) is 96.9 cm³/mol. The number of carbonyl (C=O) groups excluding carboxylic acids is 2. The van der Waals surface area contributed by atoms with E-state index in [1.165, 1.54) is 14.2 Å². The second-order valence-electron chi connectivity index (χ2n) is 6.09. The lowest BCUT2D eigenvalue weighted by Crippen LogP contribution is -2.38. The van der Waals surface area contributed by atoms with Crippen molar-refractivity contribution in [2.45, 2.75) is 19.4 Å². The van der Waals surface area contributed by atoms with Crippen LogP contribution in [0.1, 0.15) is 22.8 Å². The number of esters is 1. The minimum atomic E-state index is -0.613. The number of hydrogen-bond donors (Lipinski definition) is 0. The Labute approximate surface area is 152 Å². The summed E-state index contributed by atoms with van der Waals surface area (Å²) in [4.78, 5) is 26.7. The summed E-state index contributed by atoms with van der Waals surface area (Å²) in [5, 5.41) is 0. The minimum Gasteiger partial charge on any atom is -0.497 e. The van der Waals surface area contributed by atoms with Crippen LogP contribution in [-0.4, -0.2) is 38.7 Å². The molecule has 6 nitrogen and oxygen atoms in total. The summed E-state index contributed by atoms with van der Waals surface area (Å²) in [6, 6.07) is 12.6. The summed E-state index contributed by atoms with van der Waals surface area (Å²) in [6.45, 7) is 1.65. The molecule has 0 spiro atoms. The topological polar surface area (TPSA) is 65.1 Å². The Morgan fingerprint density at radius 1 is 1.12 bits per heavy atom. The average molecular weight is 355 g/mol. The van der Waals surface area contributed by atoms with Crippen LogP contribution in [0, 0.1) is 0 Å². The van der Waals surface area contributed by atoms with Gasteiger partial charge in [-0.2, -0.15) is 0 Å². The molecule has 0 saturated carbocycles. The molecule has 1 heterocycles. The normalized spacial score (nSPS) is 15.3. The van der Waals surface area contributed by atoms with Gasteiger partial charge in [-0.25, -0.2) is 4.79 Å². The van der Waals surface area contributed by atoms with Gasteiger partial charge in [0.15, 0.2) is 6.61 Å². The second kappa shape index (κ2) is 7.47. The SMILES string of the molecule is COc1ccc(C(=O)OCC(=O)N2c3ccccc3C[C@H]2C)c(OC)c1. The predicted octanol–water partition coefficient (Wildman–Crippen LogP) is 2.84. The largest absolute Gasteiger partial charge is 0.497 e. The van der Waals surface area contributed by atoms with E-state index >= 15 is 0 Å². The molecule has 26 heavy (non-hydrogen) atoms. The van der Waals surface area contributed by atoms with E-state index in [4.69, 9.17) is 14.2 Å². The standard InChI is InChI=1S/C20H21NO5/c1-13-10-14-6-4-5-7-17(14)21(13)19(22)12-26-20(23)16-9-8-15(24-2)11-18(16)25-3/h4-9,11,13H,10,12H2,1-3H3/t13-/m1/s1. The fourth-order valence-electron chi connectivity index (χ4n) is 3.19. The van der Waals surface area contributed by atoms with Crippen LogP contribution < -0.4 is 14.4 Å². The van der Waals surface area contributed by atoms with Crippen LogP contribution in [0.2, 0.25) is 0 Å². The minimum absolute atomic E-state index is 0.0362. The molecule has 0 N–H and O–H groups in total. The molecule has 1 aliphatic rings. The van der Waals surface area contributed by atoms with Crippen LogP contribution in [-0.2, 0) is 16.0 Å². The first kappa shape index (κ1) is 17.8. The van der Waals surface area contributed by atoms with Gasteiger partial charge >= 0.3 is 5.97 Å². The Kier molecular flexibility index (Phi) is 5.11. The van der Waals surface area contributed by atoms with E-state index in [0.717, 1.165) is 17.7 Å². The van der Waals surface area contributed by atoms with Gasteiger partial charge in [-0.3, -0.25) is 4.79 Å². The molecule has 0 aromatic heterocycles. The second-order valence-corrected chi connectivity index (χ2v) is 6.09. The van der Waals surface area contributed by atoms with E-state index in [2.05, 4.69) is 0 Å². The first-order valence-electron chi connectivity index (χ1n) is 8.34. The maximum absolute atomic E-state index is 12.6. The fraction of sp³-hybridized carbons (Fsp3) is 0.300. The zero-order chi connectivity index (χ0) is 18.7. The zero-order valence-electron chi connectivity index (χ0n) is 15.0. The molecule has 1 atom stereocenters. The van der Waals surface area contributed by atoms with Crippen molar-refractivity contribution < 1.29 is 23.8 Å². The molecule has 0 radical (unpaired) electrons. The molecule has 2 aromatic rings. The van der Waals surface area contributed by atoms with Gasteiger partial charge in [0, 0.05) is 17.8 Å². The molecule has 0 aliphatic carbocycles. The molecule has 1 aliphatic heterocycles. The Morgan fingerprint density at radius 2 is 1.88 bits per heavy atom. The van der Waals surface area contributed by atoms with E-state index in [-0.39, 0.29) is 24.1 Å². The maximum Gasteiger partial charge on any atom is 0.342 e. The van der Waals surface area contributed by atoms with Crippen molar-refractivity contribution in [3.05, 3.63) is 53.6 Å². The van der Waals surface area contributed by atoms with E-state index in [0.29, 0.717) is 11.5 Å². The summed E-state index contributed by atoms with van der Waals surface area (Å²) in [6.07, 6.45) is 0.794. The Morgan fingerprint density at radius 3 is 2.62 bits per heavy atom. The lowest BCUT2D eigenvalue weighted by Gasteiger charge is -2.22. The zero-order valence-corrected chi connectivity index (χ0v) is 15.0. The summed E-state index contributed by atoms with van der Waals surface area (Å²) in [5.74, 6) is 0.0416. The van der Waals surface area contributed by atoms with Gasteiger partial charge < -0.3 is 19.1 Å². The summed E-state index contributed by atoms with van der Waals surface area (Å²) < 4.78 is 15.5. The van der Waals surface area contributed by atoms with Crippen LogP contribution >= 0.6 is 0 Å². The molecular formula is C20H21NO5. The van der Waals surface area contributed by atoms with Crippen molar-refractivity contribution in [3.8, 4) is 11.5 Å². The van der Waals surface area contributed by atoms with Gasteiger partial charge in [-0.15, -0.1) is 0 Å². The van der Waals surface area contributed by atoms with Gasteiger partial charge in [-0.1, -0.05) is 18.2 Å². The first-order valence-corrected chi connectivity index (χ1v) is 8.34. The molecule has 136 valence electrons. The molecule has 0 fully saturated rings. The van der Waals surface area contributed by atoms with Crippen LogP contribution in [0.4, 0.5) is 5.69 Å². The highest BCUT2D eigenvalue weighted by Gasteiger charge is 2.31. The highest BCUT2D eigenvalue weighted by atomic mass is 16.5. The number of anilines is 1. The van der Waals surface area contributed by atoms with E-state index in [1.54, 1.807) is 23.1 Å². The number of fused-ring (bicyclic) bond motifs is 1. The molecule has 0 bridgehead atoms. The van der Waals surface area contributed by atoms with Gasteiger partial charge in [0.25, 0.3) is 5.91 Å². The van der Waals surface area contributed by atoms with Crippen LogP contribution in [0.25, 0.3) is 0 Å². The van der Waals surface area contributed by atoms with Crippen molar-refractivity contribution in [2.24, 2.45) is 0 Å². The molecule has 6 heteroatoms. The lowest BCUT2D eigenvalue weighted by molar-refractivity contribution is -0.122. The number of para-hydroxylation sites is 1. The molecule has 1 amide bonds. The van der Waals surface area contributed by atoms with Crippen molar-refractivity contribution in [1.29, 1.82) is 0 Å². The van der Waals surface area contributed by atoms with Gasteiger partial charge in [-0.05, 0) is 37.1 Å². The third-order valence-corrected chi connectivity index (χ3v) is 4.43. The van der Waals surface area contributed by atoms with Crippen molar-refractivity contribution in [3.63, 3.8) is 0 Å². The van der Waals surface area contributed by atoms with Crippen molar-refractivity contribution in [2.75, 3.05) is 25.7 Å². The third-order valence-electron chi connectivity index (χ3n) is 4.43. The summed E-state index contributed by atoms with van der Waals surface area (Å²) >= 11 is 0. The van der Waals surface area contributed by atoms with E-state index < -0.39 is 5.97 Å². The van der Waals surface area contributed by atoms with Crippen LogP contribution in [0.5, 0.6) is 11.5 Å². The highest BCUT2D eigenvalue weighted by Crippen LogP contribution is 2.32. The first-order chi connectivity index (χ1) is 12.5. The van der Waals surface area contributed by atoms with Gasteiger partial charge in [0.2, 0.25) is 0 Å². The lowest BCUT2D eigenvalue weighted by atomic mass is 10.1. The number of nitrogens with zero attached hydrogens (tertiary/aromatic N) is 1. The van der Waals surface area contributed by atoms with Crippen LogP contribution in [0.15, 0.2) is 42.5 Å². The molecular weight excluding hydrogens is 334 g/mol.